The Balaban J connectivity index is 1.93. The summed E-state index contributed by atoms with van der Waals surface area (Å²) in [5.41, 5.74) is 1.35. The number of carbonyl (C=O) groups excluding carboxylic acids is 1. The molecule has 2 N–H and O–H groups in total. The molecule has 6 nitrogen and oxygen atoms in total. The normalized spacial score (nSPS) is 9.95. The third-order valence-corrected chi connectivity index (χ3v) is 2.63. The average molecular weight is 286 g/mol. The molecule has 0 spiro atoms. The van der Waals surface area contributed by atoms with E-state index in [1.165, 1.54) is 18.5 Å². The van der Waals surface area contributed by atoms with Crippen molar-refractivity contribution in [3.63, 3.8) is 0 Å². The number of hydrogen-bond donors (Lipinski definition) is 2. The number of amides is 1. The monoisotopic (exact) mass is 286 g/mol. The Morgan fingerprint density at radius 2 is 2.10 bits per heavy atom. The van der Waals surface area contributed by atoms with Crippen molar-refractivity contribution in [1.29, 1.82) is 0 Å². The van der Waals surface area contributed by atoms with Crippen LogP contribution in [0, 0.1) is 6.92 Å². The molecule has 2 aromatic rings. The maximum absolute atomic E-state index is 11.7. The van der Waals surface area contributed by atoms with Crippen molar-refractivity contribution in [3.05, 3.63) is 53.9 Å². The molecular weight excluding hydrogens is 272 g/mol. The molecule has 0 fully saturated rings. The Hall–Kier alpha value is -2.89. The van der Waals surface area contributed by atoms with Crippen LogP contribution < -0.4 is 10.1 Å². The van der Waals surface area contributed by atoms with Crippen molar-refractivity contribution < 1.29 is 19.4 Å². The van der Waals surface area contributed by atoms with E-state index in [1.807, 2.05) is 25.1 Å². The van der Waals surface area contributed by atoms with Crippen LogP contribution >= 0.6 is 0 Å². The molecule has 0 aliphatic heterocycles. The maximum Gasteiger partial charge on any atom is 0.337 e. The summed E-state index contributed by atoms with van der Waals surface area (Å²) in [7, 11) is 0. The van der Waals surface area contributed by atoms with E-state index in [0.717, 1.165) is 5.56 Å². The first-order valence-electron chi connectivity index (χ1n) is 6.22. The highest BCUT2D eigenvalue weighted by Crippen LogP contribution is 2.13. The van der Waals surface area contributed by atoms with Crippen molar-refractivity contribution in [1.82, 2.24) is 4.98 Å². The first-order valence-corrected chi connectivity index (χ1v) is 6.22. The summed E-state index contributed by atoms with van der Waals surface area (Å²) < 4.78 is 5.35. The van der Waals surface area contributed by atoms with Crippen molar-refractivity contribution in [3.8, 4) is 5.75 Å². The fraction of sp³-hybridized carbons (Fsp3) is 0.133. The first-order chi connectivity index (χ1) is 10.0. The number of aryl methyl sites for hydroxylation is 1. The van der Waals surface area contributed by atoms with E-state index in [1.54, 1.807) is 6.07 Å². The lowest BCUT2D eigenvalue weighted by Gasteiger charge is -2.08. The third kappa shape index (κ3) is 4.31. The van der Waals surface area contributed by atoms with Gasteiger partial charge < -0.3 is 15.2 Å². The minimum Gasteiger partial charge on any atom is -0.484 e. The molecule has 0 bridgehead atoms. The highest BCUT2D eigenvalue weighted by atomic mass is 16.5. The molecule has 6 heteroatoms. The topological polar surface area (TPSA) is 88.5 Å². The van der Waals surface area contributed by atoms with Gasteiger partial charge in [-0.05, 0) is 30.7 Å². The fourth-order valence-corrected chi connectivity index (χ4v) is 1.68. The Morgan fingerprint density at radius 1 is 1.29 bits per heavy atom. The number of anilines is 1. The number of nitrogens with one attached hydrogen (secondary N) is 1. The lowest BCUT2D eigenvalue weighted by atomic mass is 10.2. The number of carboxylic acid groups (broad SMARTS) is 1. The van der Waals surface area contributed by atoms with E-state index in [-0.39, 0.29) is 18.1 Å². The van der Waals surface area contributed by atoms with Gasteiger partial charge in [-0.15, -0.1) is 0 Å². The zero-order valence-electron chi connectivity index (χ0n) is 11.4. The molecule has 0 saturated carbocycles. The highest BCUT2D eigenvalue weighted by molar-refractivity contribution is 5.94. The van der Waals surface area contributed by atoms with E-state index in [4.69, 9.17) is 9.84 Å². The number of rotatable bonds is 5. The second-order valence-corrected chi connectivity index (χ2v) is 4.42. The van der Waals surface area contributed by atoms with Crippen molar-refractivity contribution in [2.75, 3.05) is 11.9 Å². The molecule has 21 heavy (non-hydrogen) atoms. The van der Waals surface area contributed by atoms with Crippen molar-refractivity contribution in [2.45, 2.75) is 6.92 Å². The van der Waals surface area contributed by atoms with Crippen LogP contribution in [0.25, 0.3) is 0 Å². The summed E-state index contributed by atoms with van der Waals surface area (Å²) in [6, 6.07) is 8.67. The number of carbonyl (C=O) groups is 2. The van der Waals surface area contributed by atoms with Gasteiger partial charge in [0.05, 0.1) is 17.4 Å². The van der Waals surface area contributed by atoms with Gasteiger partial charge in [0.1, 0.15) is 5.75 Å². The summed E-state index contributed by atoms with van der Waals surface area (Å²) in [6.45, 7) is 1.76. The number of benzene rings is 1. The Labute approximate surface area is 121 Å². The molecule has 0 aliphatic carbocycles. The minimum atomic E-state index is -1.10. The van der Waals surface area contributed by atoms with Crippen LogP contribution in [0.3, 0.4) is 0 Å². The largest absolute Gasteiger partial charge is 0.484 e. The SMILES string of the molecule is Cc1cccc(OCC(=O)Nc2cncc(C(=O)O)c2)c1. The molecule has 0 atom stereocenters. The molecule has 1 amide bonds. The average Bonchev–Trinajstić information content (AvgIpc) is 2.45. The van der Waals surface area contributed by atoms with E-state index in [9.17, 15) is 9.59 Å². The molecule has 108 valence electrons. The number of aromatic nitrogens is 1. The zero-order valence-corrected chi connectivity index (χ0v) is 11.4. The molecule has 1 aromatic heterocycles. The summed E-state index contributed by atoms with van der Waals surface area (Å²) in [4.78, 5) is 26.3. The number of nitrogens with zero attached hydrogens (tertiary/aromatic N) is 1. The predicted molar refractivity (Wildman–Crippen MR) is 76.5 cm³/mol. The summed E-state index contributed by atoms with van der Waals surface area (Å²) in [5.74, 6) is -0.891. The van der Waals surface area contributed by atoms with Crippen LogP contribution in [0.2, 0.25) is 0 Å². The van der Waals surface area contributed by atoms with Crippen molar-refractivity contribution >= 4 is 17.6 Å². The summed E-state index contributed by atoms with van der Waals surface area (Å²) >= 11 is 0. The highest BCUT2D eigenvalue weighted by Gasteiger charge is 2.07. The minimum absolute atomic E-state index is 0.00685. The van der Waals surface area contributed by atoms with Crippen LogP contribution in [0.15, 0.2) is 42.7 Å². The van der Waals surface area contributed by atoms with Gasteiger partial charge in [-0.2, -0.15) is 0 Å². The van der Waals surface area contributed by atoms with E-state index < -0.39 is 5.97 Å². The quantitative estimate of drug-likeness (QED) is 0.878. The maximum atomic E-state index is 11.7. The summed E-state index contributed by atoms with van der Waals surface area (Å²) in [5, 5.41) is 11.4. The van der Waals surface area contributed by atoms with E-state index in [0.29, 0.717) is 11.4 Å². The van der Waals surface area contributed by atoms with Crippen LogP contribution in [0.4, 0.5) is 5.69 Å². The van der Waals surface area contributed by atoms with Gasteiger partial charge in [0.2, 0.25) is 0 Å². The molecule has 0 unspecified atom stereocenters. The lowest BCUT2D eigenvalue weighted by Crippen LogP contribution is -2.20. The molecule has 1 aromatic carbocycles. The smallest absolute Gasteiger partial charge is 0.337 e. The van der Waals surface area contributed by atoms with Gasteiger partial charge in [-0.3, -0.25) is 9.78 Å². The first kappa shape index (κ1) is 14.5. The van der Waals surface area contributed by atoms with E-state index in [2.05, 4.69) is 10.3 Å². The third-order valence-electron chi connectivity index (χ3n) is 2.63. The van der Waals surface area contributed by atoms with Gasteiger partial charge in [0.15, 0.2) is 6.61 Å². The van der Waals surface area contributed by atoms with Gasteiger partial charge in [-0.25, -0.2) is 4.79 Å². The van der Waals surface area contributed by atoms with Crippen LogP contribution in [0.5, 0.6) is 5.75 Å². The number of pyridine rings is 1. The van der Waals surface area contributed by atoms with Gasteiger partial charge in [0, 0.05) is 6.20 Å². The summed E-state index contributed by atoms with van der Waals surface area (Å²) in [6.07, 6.45) is 2.58. The second-order valence-electron chi connectivity index (χ2n) is 4.42. The molecule has 0 radical (unpaired) electrons. The molecule has 0 aliphatic rings. The van der Waals surface area contributed by atoms with E-state index >= 15 is 0 Å². The van der Waals surface area contributed by atoms with Gasteiger partial charge >= 0.3 is 5.97 Å². The number of aromatic carboxylic acids is 1. The molecule has 2 rings (SSSR count). The Bertz CT molecular complexity index is 670. The molecule has 0 saturated heterocycles. The van der Waals surface area contributed by atoms with Crippen molar-refractivity contribution in [2.24, 2.45) is 0 Å². The fourth-order valence-electron chi connectivity index (χ4n) is 1.68. The lowest BCUT2D eigenvalue weighted by molar-refractivity contribution is -0.118. The molecular formula is C15H14N2O4. The van der Waals surface area contributed by atoms with Crippen LogP contribution in [-0.2, 0) is 4.79 Å². The number of carboxylic acids is 1. The van der Waals surface area contributed by atoms with Gasteiger partial charge in [0.25, 0.3) is 5.91 Å². The van der Waals surface area contributed by atoms with Crippen LogP contribution in [0.1, 0.15) is 15.9 Å². The second kappa shape index (κ2) is 6.51. The zero-order chi connectivity index (χ0) is 15.2. The predicted octanol–water partition coefficient (Wildman–Crippen LogP) is 2.11. The standard InChI is InChI=1S/C15H14N2O4/c1-10-3-2-4-13(5-10)21-9-14(18)17-12-6-11(15(19)20)7-16-8-12/h2-8H,9H2,1H3,(H,17,18)(H,19,20). The Kier molecular flexibility index (Phi) is 4.50. The Morgan fingerprint density at radius 3 is 2.81 bits per heavy atom. The van der Waals surface area contributed by atoms with Crippen LogP contribution in [-0.4, -0.2) is 28.6 Å². The van der Waals surface area contributed by atoms with Gasteiger partial charge in [-0.1, -0.05) is 12.1 Å². The number of hydrogen-bond acceptors (Lipinski definition) is 4. The number of ether oxygens (including phenoxy) is 1. The molecule has 1 heterocycles.